The van der Waals surface area contributed by atoms with Crippen molar-refractivity contribution in [1.29, 1.82) is 0 Å². The Bertz CT molecular complexity index is 1230. The SMILES string of the molecule is CCc1ncc(Oc2nc3c(c(N4C[C@@H]5CC4C[C@@H]5N)n2)-c2cc(F)cc(NC)c2C3)cn1. The summed E-state index contributed by atoms with van der Waals surface area (Å²) >= 11 is 0. The molecule has 2 aliphatic carbocycles. The van der Waals surface area contributed by atoms with Crippen molar-refractivity contribution in [2.24, 2.45) is 11.7 Å². The normalized spacial score (nSPS) is 22.4. The van der Waals surface area contributed by atoms with Crippen LogP contribution in [0, 0.1) is 11.7 Å². The number of anilines is 2. The minimum Gasteiger partial charge on any atom is -0.421 e. The lowest BCUT2D eigenvalue weighted by Crippen LogP contribution is -2.41. The molecule has 3 N–H and O–H groups in total. The van der Waals surface area contributed by atoms with E-state index in [1.807, 2.05) is 6.92 Å². The van der Waals surface area contributed by atoms with E-state index in [2.05, 4.69) is 20.2 Å². The van der Waals surface area contributed by atoms with Gasteiger partial charge in [0.1, 0.15) is 17.5 Å². The molecule has 3 aliphatic rings. The van der Waals surface area contributed by atoms with Crippen LogP contribution in [0.4, 0.5) is 15.9 Å². The summed E-state index contributed by atoms with van der Waals surface area (Å²) in [4.78, 5) is 20.5. The van der Waals surface area contributed by atoms with Crippen LogP contribution in [0.2, 0.25) is 0 Å². The van der Waals surface area contributed by atoms with E-state index >= 15 is 0 Å². The van der Waals surface area contributed by atoms with Gasteiger partial charge in [-0.25, -0.2) is 14.4 Å². The molecule has 2 fully saturated rings. The van der Waals surface area contributed by atoms with E-state index in [1.165, 1.54) is 6.07 Å². The Morgan fingerprint density at radius 3 is 2.70 bits per heavy atom. The van der Waals surface area contributed by atoms with Gasteiger partial charge >= 0.3 is 6.01 Å². The Morgan fingerprint density at radius 1 is 1.21 bits per heavy atom. The van der Waals surface area contributed by atoms with Crippen LogP contribution < -0.4 is 20.7 Å². The minimum atomic E-state index is -0.282. The largest absolute Gasteiger partial charge is 0.421 e. The molecule has 1 saturated heterocycles. The highest BCUT2D eigenvalue weighted by atomic mass is 19.1. The van der Waals surface area contributed by atoms with E-state index in [0.717, 1.165) is 65.5 Å². The predicted octanol–water partition coefficient (Wildman–Crippen LogP) is 3.30. The molecule has 3 atom stereocenters. The lowest BCUT2D eigenvalue weighted by molar-refractivity contribution is 0.432. The highest BCUT2D eigenvalue weighted by molar-refractivity contribution is 5.88. The second-order valence-electron chi connectivity index (χ2n) is 9.05. The summed E-state index contributed by atoms with van der Waals surface area (Å²) in [6, 6.07) is 3.92. The third-order valence-electron chi connectivity index (χ3n) is 7.12. The molecule has 9 heteroatoms. The summed E-state index contributed by atoms with van der Waals surface area (Å²) in [6.45, 7) is 2.84. The zero-order valence-electron chi connectivity index (χ0n) is 18.7. The molecule has 0 amide bonds. The molecule has 3 heterocycles. The van der Waals surface area contributed by atoms with Crippen molar-refractivity contribution in [3.63, 3.8) is 0 Å². The highest BCUT2D eigenvalue weighted by Crippen LogP contribution is 2.48. The van der Waals surface area contributed by atoms with E-state index in [1.54, 1.807) is 25.5 Å². The number of ether oxygens (including phenoxy) is 1. The maximum atomic E-state index is 14.5. The minimum absolute atomic E-state index is 0.228. The summed E-state index contributed by atoms with van der Waals surface area (Å²) in [6.07, 6.45) is 6.61. The van der Waals surface area contributed by atoms with E-state index in [0.29, 0.717) is 24.1 Å². The maximum Gasteiger partial charge on any atom is 0.324 e. The van der Waals surface area contributed by atoms with Crippen molar-refractivity contribution in [2.45, 2.75) is 44.7 Å². The topological polar surface area (TPSA) is 102 Å². The van der Waals surface area contributed by atoms with Gasteiger partial charge in [-0.15, -0.1) is 0 Å². The van der Waals surface area contributed by atoms with Gasteiger partial charge < -0.3 is 20.7 Å². The van der Waals surface area contributed by atoms with E-state index in [9.17, 15) is 4.39 Å². The summed E-state index contributed by atoms with van der Waals surface area (Å²) in [5.41, 5.74) is 10.7. The first-order valence-corrected chi connectivity index (χ1v) is 11.5. The Balaban J connectivity index is 1.45. The fraction of sp³-hybridized carbons (Fsp3) is 0.417. The average molecular weight is 448 g/mol. The molecule has 1 saturated carbocycles. The Labute approximate surface area is 191 Å². The molecule has 3 aromatic rings. The fourth-order valence-corrected chi connectivity index (χ4v) is 5.51. The predicted molar refractivity (Wildman–Crippen MR) is 123 cm³/mol. The zero-order valence-corrected chi connectivity index (χ0v) is 18.7. The number of aromatic nitrogens is 4. The van der Waals surface area contributed by atoms with E-state index < -0.39 is 0 Å². The van der Waals surface area contributed by atoms with Gasteiger partial charge in [0.15, 0.2) is 5.75 Å². The molecule has 33 heavy (non-hydrogen) atoms. The number of nitrogens with two attached hydrogens (primary N) is 1. The molecule has 2 aromatic heterocycles. The first kappa shape index (κ1) is 20.3. The molecular formula is C24H26FN7O. The quantitative estimate of drug-likeness (QED) is 0.481. The highest BCUT2D eigenvalue weighted by Gasteiger charge is 2.45. The van der Waals surface area contributed by atoms with Crippen LogP contribution in [-0.2, 0) is 12.8 Å². The second kappa shape index (κ2) is 7.62. The monoisotopic (exact) mass is 447 g/mol. The number of nitrogens with one attached hydrogen (secondary N) is 1. The first-order valence-electron chi connectivity index (χ1n) is 11.5. The van der Waals surface area contributed by atoms with Gasteiger partial charge in [0.2, 0.25) is 0 Å². The molecule has 170 valence electrons. The Kier molecular flexibility index (Phi) is 4.69. The van der Waals surface area contributed by atoms with Gasteiger partial charge in [-0.2, -0.15) is 9.97 Å². The third-order valence-corrected chi connectivity index (χ3v) is 7.12. The molecule has 2 bridgehead atoms. The lowest BCUT2D eigenvalue weighted by atomic mass is 10.0. The summed E-state index contributed by atoms with van der Waals surface area (Å²) in [7, 11) is 1.81. The summed E-state index contributed by atoms with van der Waals surface area (Å²) in [5.74, 6) is 2.20. The Morgan fingerprint density at radius 2 is 2.03 bits per heavy atom. The molecule has 1 aromatic carbocycles. The van der Waals surface area contributed by atoms with Crippen LogP contribution in [0.5, 0.6) is 11.8 Å². The van der Waals surface area contributed by atoms with E-state index in [4.69, 9.17) is 20.4 Å². The molecule has 1 aliphatic heterocycles. The van der Waals surface area contributed by atoms with Crippen molar-refractivity contribution >= 4 is 11.5 Å². The molecule has 0 spiro atoms. The number of halogens is 1. The number of benzene rings is 1. The van der Waals surface area contributed by atoms with Gasteiger partial charge in [-0.05, 0) is 42.0 Å². The lowest BCUT2D eigenvalue weighted by Gasteiger charge is -2.32. The fourth-order valence-electron chi connectivity index (χ4n) is 5.51. The number of hydrogen-bond donors (Lipinski definition) is 2. The molecule has 6 rings (SSSR count). The number of aryl methyl sites for hydroxylation is 1. The van der Waals surface area contributed by atoms with Crippen molar-refractivity contribution in [3.8, 4) is 22.9 Å². The van der Waals surface area contributed by atoms with Gasteiger partial charge in [0, 0.05) is 49.8 Å². The van der Waals surface area contributed by atoms with Crippen LogP contribution in [0.1, 0.15) is 36.8 Å². The van der Waals surface area contributed by atoms with Crippen LogP contribution in [0.25, 0.3) is 11.1 Å². The number of nitrogens with zero attached hydrogens (tertiary/aromatic N) is 5. The number of piperidine rings is 1. The van der Waals surface area contributed by atoms with Gasteiger partial charge in [0.05, 0.1) is 18.1 Å². The number of hydrogen-bond acceptors (Lipinski definition) is 8. The average Bonchev–Trinajstić information content (AvgIpc) is 3.50. The van der Waals surface area contributed by atoms with Crippen molar-refractivity contribution in [3.05, 3.63) is 47.4 Å². The maximum absolute atomic E-state index is 14.5. The van der Waals surface area contributed by atoms with Gasteiger partial charge in [-0.1, -0.05) is 6.92 Å². The second-order valence-corrected chi connectivity index (χ2v) is 9.05. The molecule has 0 radical (unpaired) electrons. The van der Waals surface area contributed by atoms with E-state index in [-0.39, 0.29) is 17.9 Å². The van der Waals surface area contributed by atoms with Crippen LogP contribution in [-0.4, -0.2) is 45.6 Å². The number of fused-ring (bicyclic) bond motifs is 5. The molecular weight excluding hydrogens is 421 g/mol. The smallest absolute Gasteiger partial charge is 0.324 e. The standard InChI is InChI=1S/C24H26FN7O/c1-3-21-28-9-15(10-29-21)33-24-30-20-8-16-17(5-13(25)6-19(16)27-2)22(20)23(31-24)32-11-12-4-14(32)7-18(12)26/h5-6,9-10,12,14,18,27H,3-4,7-8,11,26H2,1-2H3/t12-,14?,18-/m0/s1. The zero-order chi connectivity index (χ0) is 22.7. The Hall–Kier alpha value is -3.33. The van der Waals surface area contributed by atoms with Crippen LogP contribution in [0.15, 0.2) is 24.5 Å². The van der Waals surface area contributed by atoms with Gasteiger partial charge in [0.25, 0.3) is 0 Å². The van der Waals surface area contributed by atoms with Crippen LogP contribution >= 0.6 is 0 Å². The van der Waals surface area contributed by atoms with Crippen molar-refractivity contribution in [2.75, 3.05) is 23.8 Å². The van der Waals surface area contributed by atoms with Crippen LogP contribution in [0.3, 0.4) is 0 Å². The van der Waals surface area contributed by atoms with Gasteiger partial charge in [-0.3, -0.25) is 0 Å². The number of rotatable bonds is 5. The summed E-state index contributed by atoms with van der Waals surface area (Å²) < 4.78 is 20.5. The molecule has 8 nitrogen and oxygen atoms in total. The van der Waals surface area contributed by atoms with Crippen molar-refractivity contribution < 1.29 is 9.13 Å². The third kappa shape index (κ3) is 3.30. The summed E-state index contributed by atoms with van der Waals surface area (Å²) in [5, 5.41) is 3.12. The van der Waals surface area contributed by atoms with Crippen molar-refractivity contribution in [1.82, 2.24) is 19.9 Å². The first-order chi connectivity index (χ1) is 16.0. The molecule has 1 unspecified atom stereocenters.